The third-order valence-corrected chi connectivity index (χ3v) is 3.92. The van der Waals surface area contributed by atoms with Crippen LogP contribution in [0.2, 0.25) is 0 Å². The van der Waals surface area contributed by atoms with Crippen molar-refractivity contribution in [3.05, 3.63) is 0 Å². The Morgan fingerprint density at radius 2 is 2.00 bits per heavy atom. The van der Waals surface area contributed by atoms with E-state index in [1.54, 1.807) is 0 Å². The maximum atomic E-state index is 5.69. The van der Waals surface area contributed by atoms with Crippen LogP contribution < -0.4 is 5.73 Å². The van der Waals surface area contributed by atoms with Crippen molar-refractivity contribution in [2.75, 3.05) is 13.2 Å². The Labute approximate surface area is 98.6 Å². The Bertz CT molecular complexity index is 210. The van der Waals surface area contributed by atoms with Crippen LogP contribution in [0, 0.1) is 11.3 Å². The highest BCUT2D eigenvalue weighted by molar-refractivity contribution is 7.80. The Kier molecular flexibility index (Phi) is 5.00. The molecule has 0 saturated heterocycles. The molecule has 1 saturated carbocycles. The van der Waals surface area contributed by atoms with Gasteiger partial charge < -0.3 is 10.5 Å². The quantitative estimate of drug-likeness (QED) is 0.562. The molecule has 1 aliphatic rings. The molecule has 88 valence electrons. The molecule has 0 aromatic rings. The predicted molar refractivity (Wildman–Crippen MR) is 68.0 cm³/mol. The molecule has 0 spiro atoms. The van der Waals surface area contributed by atoms with E-state index in [0.717, 1.165) is 25.6 Å². The molecular formula is C12H23NOS. The van der Waals surface area contributed by atoms with Crippen LogP contribution in [0.1, 0.15) is 46.0 Å². The Morgan fingerprint density at radius 3 is 2.53 bits per heavy atom. The van der Waals surface area contributed by atoms with Crippen LogP contribution in [-0.2, 0) is 4.74 Å². The minimum Gasteiger partial charge on any atom is -0.393 e. The Hall–Kier alpha value is -0.150. The van der Waals surface area contributed by atoms with Gasteiger partial charge in [-0.25, -0.2) is 0 Å². The molecule has 15 heavy (non-hydrogen) atoms. The van der Waals surface area contributed by atoms with E-state index in [1.165, 1.54) is 25.7 Å². The number of hydrogen-bond acceptors (Lipinski definition) is 2. The summed E-state index contributed by atoms with van der Waals surface area (Å²) in [4.78, 5) is 0.590. The van der Waals surface area contributed by atoms with Crippen LogP contribution in [-0.4, -0.2) is 18.2 Å². The van der Waals surface area contributed by atoms with Gasteiger partial charge in [0.05, 0.1) is 4.99 Å². The molecular weight excluding hydrogens is 206 g/mol. The lowest BCUT2D eigenvalue weighted by Gasteiger charge is -2.23. The zero-order valence-corrected chi connectivity index (χ0v) is 10.7. The molecule has 3 heteroatoms. The maximum absolute atomic E-state index is 5.69. The van der Waals surface area contributed by atoms with Gasteiger partial charge in [-0.2, -0.15) is 0 Å². The molecule has 0 aliphatic heterocycles. The van der Waals surface area contributed by atoms with Crippen molar-refractivity contribution in [3.8, 4) is 0 Å². The van der Waals surface area contributed by atoms with E-state index in [-0.39, 0.29) is 5.41 Å². The van der Waals surface area contributed by atoms with Gasteiger partial charge in [0.2, 0.25) is 0 Å². The third-order valence-electron chi connectivity index (χ3n) is 3.37. The molecule has 2 nitrogen and oxygen atoms in total. The van der Waals surface area contributed by atoms with Crippen molar-refractivity contribution in [1.82, 2.24) is 0 Å². The predicted octanol–water partition coefficient (Wildman–Crippen LogP) is 2.90. The van der Waals surface area contributed by atoms with Crippen LogP contribution in [0.5, 0.6) is 0 Å². The first kappa shape index (κ1) is 12.9. The summed E-state index contributed by atoms with van der Waals surface area (Å²) in [5.41, 5.74) is 5.59. The number of nitrogens with two attached hydrogens (primary N) is 1. The number of rotatable bonds is 6. The summed E-state index contributed by atoms with van der Waals surface area (Å²) in [6.07, 6.45) is 6.38. The highest BCUT2D eigenvalue weighted by atomic mass is 32.1. The van der Waals surface area contributed by atoms with E-state index in [4.69, 9.17) is 22.7 Å². The topological polar surface area (TPSA) is 35.2 Å². The minimum absolute atomic E-state index is 0.0645. The number of thiocarbonyl (C=S) groups is 1. The molecule has 0 radical (unpaired) electrons. The highest BCUT2D eigenvalue weighted by Crippen LogP contribution is 2.25. The second kappa shape index (κ2) is 5.80. The lowest BCUT2D eigenvalue weighted by molar-refractivity contribution is 0.0878. The minimum atomic E-state index is -0.0645. The monoisotopic (exact) mass is 229 g/mol. The van der Waals surface area contributed by atoms with Crippen molar-refractivity contribution in [3.63, 3.8) is 0 Å². The molecule has 0 heterocycles. The van der Waals surface area contributed by atoms with Crippen LogP contribution in [0.3, 0.4) is 0 Å². The largest absolute Gasteiger partial charge is 0.393 e. The van der Waals surface area contributed by atoms with E-state index in [1.807, 2.05) is 0 Å². The Balaban J connectivity index is 2.08. The maximum Gasteiger partial charge on any atom is 0.0785 e. The van der Waals surface area contributed by atoms with E-state index in [0.29, 0.717) is 4.99 Å². The van der Waals surface area contributed by atoms with Crippen LogP contribution in [0.4, 0.5) is 0 Å². The van der Waals surface area contributed by atoms with Gasteiger partial charge in [-0.15, -0.1) is 0 Å². The van der Waals surface area contributed by atoms with E-state index >= 15 is 0 Å². The van der Waals surface area contributed by atoms with Gasteiger partial charge in [-0.3, -0.25) is 0 Å². The normalized spacial score (nSPS) is 18.3. The third kappa shape index (κ3) is 4.47. The second-order valence-corrected chi connectivity index (χ2v) is 5.66. The first-order valence-corrected chi connectivity index (χ1v) is 6.31. The first-order chi connectivity index (χ1) is 7.02. The van der Waals surface area contributed by atoms with Crippen molar-refractivity contribution in [2.24, 2.45) is 17.1 Å². The van der Waals surface area contributed by atoms with Crippen molar-refractivity contribution >= 4 is 17.2 Å². The molecule has 1 fully saturated rings. The number of ether oxygens (including phenoxy) is 1. The zero-order valence-electron chi connectivity index (χ0n) is 9.92. The molecule has 2 N–H and O–H groups in total. The van der Waals surface area contributed by atoms with Crippen LogP contribution >= 0.6 is 12.2 Å². The molecule has 0 aromatic heterocycles. The number of hydrogen-bond donors (Lipinski definition) is 1. The average molecular weight is 229 g/mol. The lowest BCUT2D eigenvalue weighted by Crippen LogP contribution is -2.31. The average Bonchev–Trinajstić information content (AvgIpc) is 2.64. The summed E-state index contributed by atoms with van der Waals surface area (Å²) in [6, 6.07) is 0. The van der Waals surface area contributed by atoms with E-state index in [2.05, 4.69) is 13.8 Å². The van der Waals surface area contributed by atoms with Crippen molar-refractivity contribution < 1.29 is 4.74 Å². The fraction of sp³-hybridized carbons (Fsp3) is 0.917. The Morgan fingerprint density at radius 1 is 1.40 bits per heavy atom. The molecule has 0 atom stereocenters. The standard InChI is InChI=1S/C12H23NOS/c1-12(2,11(13)15)7-8-14-9-10-5-3-4-6-10/h10H,3-9H2,1-2H3,(H2,13,15). The smallest absolute Gasteiger partial charge is 0.0785 e. The molecule has 1 rings (SSSR count). The fourth-order valence-electron chi connectivity index (χ4n) is 1.88. The second-order valence-electron chi connectivity index (χ2n) is 5.22. The van der Waals surface area contributed by atoms with Gasteiger partial charge in [0.1, 0.15) is 0 Å². The summed E-state index contributed by atoms with van der Waals surface area (Å²) in [6.45, 7) is 5.86. The summed E-state index contributed by atoms with van der Waals surface area (Å²) < 4.78 is 5.69. The molecule has 0 aromatic carbocycles. The van der Waals surface area contributed by atoms with E-state index in [9.17, 15) is 0 Å². The molecule has 1 aliphatic carbocycles. The van der Waals surface area contributed by atoms with Gasteiger partial charge in [0.15, 0.2) is 0 Å². The SMILES string of the molecule is CC(C)(CCOCC1CCCC1)C(N)=S. The van der Waals surface area contributed by atoms with Gasteiger partial charge in [-0.1, -0.05) is 38.9 Å². The molecule has 0 bridgehead atoms. The van der Waals surface area contributed by atoms with E-state index < -0.39 is 0 Å². The van der Waals surface area contributed by atoms with Gasteiger partial charge >= 0.3 is 0 Å². The van der Waals surface area contributed by atoms with Gasteiger partial charge in [0.25, 0.3) is 0 Å². The van der Waals surface area contributed by atoms with Crippen molar-refractivity contribution in [1.29, 1.82) is 0 Å². The zero-order chi connectivity index (χ0) is 11.3. The fourth-order valence-corrected chi connectivity index (χ4v) is 1.98. The summed E-state index contributed by atoms with van der Waals surface area (Å²) in [5.74, 6) is 0.804. The summed E-state index contributed by atoms with van der Waals surface area (Å²) in [5, 5.41) is 0. The summed E-state index contributed by atoms with van der Waals surface area (Å²) in [7, 11) is 0. The van der Waals surface area contributed by atoms with Gasteiger partial charge in [-0.05, 0) is 25.2 Å². The van der Waals surface area contributed by atoms with Crippen molar-refractivity contribution in [2.45, 2.75) is 46.0 Å². The van der Waals surface area contributed by atoms with Gasteiger partial charge in [0, 0.05) is 18.6 Å². The van der Waals surface area contributed by atoms with Crippen LogP contribution in [0.25, 0.3) is 0 Å². The van der Waals surface area contributed by atoms with Crippen LogP contribution in [0.15, 0.2) is 0 Å². The lowest BCUT2D eigenvalue weighted by atomic mass is 9.90. The highest BCUT2D eigenvalue weighted by Gasteiger charge is 2.21. The summed E-state index contributed by atoms with van der Waals surface area (Å²) >= 11 is 5.01. The first-order valence-electron chi connectivity index (χ1n) is 5.90. The molecule has 0 unspecified atom stereocenters. The molecule has 0 amide bonds.